The SMILES string of the molecule is COCCn1cc(Nc2ncc3c(Nc4cc(C(=O)NCCN5CCCC56CCC6)cnc4C)nn(C)c3n2)cn1. The Hall–Kier alpha value is -4.10. The van der Waals surface area contributed by atoms with Crippen molar-refractivity contribution in [2.24, 2.45) is 7.05 Å². The monoisotopic (exact) mass is 559 g/mol. The van der Waals surface area contributed by atoms with Crippen LogP contribution in [-0.4, -0.2) is 84.2 Å². The number of carbonyl (C=O) groups is 1. The zero-order valence-electron chi connectivity index (χ0n) is 23.9. The van der Waals surface area contributed by atoms with E-state index in [2.05, 4.69) is 46.0 Å². The Morgan fingerprint density at radius 2 is 1.95 bits per heavy atom. The van der Waals surface area contributed by atoms with Gasteiger partial charge < -0.3 is 20.7 Å². The number of carbonyl (C=O) groups excluding carboxylic acids is 1. The molecule has 0 atom stereocenters. The quantitative estimate of drug-likeness (QED) is 0.251. The number of hydrogen-bond acceptors (Lipinski definition) is 10. The maximum Gasteiger partial charge on any atom is 0.252 e. The topological polar surface area (TPSA) is 140 Å². The molecule has 41 heavy (non-hydrogen) atoms. The molecule has 13 heteroatoms. The average molecular weight is 560 g/mol. The molecule has 13 nitrogen and oxygen atoms in total. The predicted molar refractivity (Wildman–Crippen MR) is 156 cm³/mol. The van der Waals surface area contributed by atoms with E-state index < -0.39 is 0 Å². The van der Waals surface area contributed by atoms with Gasteiger partial charge in [0.05, 0.1) is 47.4 Å². The van der Waals surface area contributed by atoms with Crippen molar-refractivity contribution < 1.29 is 9.53 Å². The Kier molecular flexibility index (Phi) is 7.54. The number of ether oxygens (including phenoxy) is 1. The second kappa shape index (κ2) is 11.4. The molecule has 3 N–H and O–H groups in total. The Bertz CT molecular complexity index is 1540. The summed E-state index contributed by atoms with van der Waals surface area (Å²) >= 11 is 0. The van der Waals surface area contributed by atoms with Crippen molar-refractivity contribution in [2.75, 3.05) is 44.0 Å². The van der Waals surface area contributed by atoms with Gasteiger partial charge in [0.1, 0.15) is 0 Å². The van der Waals surface area contributed by atoms with Crippen molar-refractivity contribution in [3.05, 3.63) is 42.1 Å². The fourth-order valence-corrected chi connectivity index (χ4v) is 5.87. The van der Waals surface area contributed by atoms with E-state index in [0.717, 1.165) is 29.9 Å². The summed E-state index contributed by atoms with van der Waals surface area (Å²) in [6, 6.07) is 1.82. The van der Waals surface area contributed by atoms with Gasteiger partial charge >= 0.3 is 0 Å². The lowest BCUT2D eigenvalue weighted by Crippen LogP contribution is -2.51. The number of anilines is 4. The largest absolute Gasteiger partial charge is 0.383 e. The van der Waals surface area contributed by atoms with Crippen LogP contribution in [0, 0.1) is 6.92 Å². The van der Waals surface area contributed by atoms with E-state index in [9.17, 15) is 4.79 Å². The van der Waals surface area contributed by atoms with Crippen molar-refractivity contribution in [3.63, 3.8) is 0 Å². The van der Waals surface area contributed by atoms with Gasteiger partial charge in [-0.15, -0.1) is 0 Å². The van der Waals surface area contributed by atoms with Gasteiger partial charge in [-0.1, -0.05) is 0 Å². The van der Waals surface area contributed by atoms with Crippen LogP contribution in [0.1, 0.15) is 48.2 Å². The van der Waals surface area contributed by atoms with Crippen molar-refractivity contribution in [1.82, 2.24) is 44.7 Å². The van der Waals surface area contributed by atoms with Crippen molar-refractivity contribution >= 4 is 40.1 Å². The number of pyridine rings is 1. The standard InChI is InChI=1S/C28H37N11O2/c1-19-23(14-20(15-30-19)26(40)29-9-11-38-10-5-8-28(38)6-4-7-28)34-24-22-17-31-27(35-25(22)37(2)36-24)33-21-16-32-39(18-21)12-13-41-3/h14-18H,4-13H2,1-3H3,(H,29,40)(H,34,36)(H,31,33,35). The van der Waals surface area contributed by atoms with Crippen LogP contribution in [-0.2, 0) is 18.3 Å². The summed E-state index contributed by atoms with van der Waals surface area (Å²) in [5.41, 5.74) is 3.81. The summed E-state index contributed by atoms with van der Waals surface area (Å²) in [5, 5.41) is 19.3. The van der Waals surface area contributed by atoms with Gasteiger partial charge in [0.2, 0.25) is 5.95 Å². The summed E-state index contributed by atoms with van der Waals surface area (Å²) in [4.78, 5) is 29.2. The van der Waals surface area contributed by atoms with Gasteiger partial charge in [-0.05, 0) is 51.6 Å². The molecule has 4 aromatic heterocycles. The molecule has 1 saturated carbocycles. The smallest absolute Gasteiger partial charge is 0.252 e. The third-order valence-electron chi connectivity index (χ3n) is 8.29. The first kappa shape index (κ1) is 27.1. The molecule has 4 aromatic rings. The third-order valence-corrected chi connectivity index (χ3v) is 8.29. The van der Waals surface area contributed by atoms with E-state index >= 15 is 0 Å². The Morgan fingerprint density at radius 3 is 2.76 bits per heavy atom. The number of likely N-dealkylation sites (tertiary alicyclic amines) is 1. The summed E-state index contributed by atoms with van der Waals surface area (Å²) in [5.74, 6) is 0.897. The molecule has 1 amide bonds. The molecule has 0 aromatic carbocycles. The summed E-state index contributed by atoms with van der Waals surface area (Å²) in [6.07, 6.45) is 13.4. The van der Waals surface area contributed by atoms with Crippen LogP contribution in [0.5, 0.6) is 0 Å². The number of nitrogens with one attached hydrogen (secondary N) is 3. The summed E-state index contributed by atoms with van der Waals surface area (Å²) in [6.45, 7) is 5.79. The number of rotatable bonds is 11. The van der Waals surface area contributed by atoms with E-state index in [1.54, 1.807) is 35.1 Å². The van der Waals surface area contributed by atoms with Crippen LogP contribution in [0.4, 0.5) is 23.1 Å². The molecule has 0 bridgehead atoms. The fraction of sp³-hybridized carbons (Fsp3) is 0.500. The van der Waals surface area contributed by atoms with Gasteiger partial charge in [0, 0.05) is 51.4 Å². The maximum absolute atomic E-state index is 13.0. The molecule has 0 unspecified atom stereocenters. The summed E-state index contributed by atoms with van der Waals surface area (Å²) < 4.78 is 8.59. The van der Waals surface area contributed by atoms with Crippen LogP contribution in [0.2, 0.25) is 0 Å². The van der Waals surface area contributed by atoms with Crippen LogP contribution in [0.3, 0.4) is 0 Å². The minimum absolute atomic E-state index is 0.127. The molecular formula is C28H37N11O2. The molecule has 2 fully saturated rings. The lowest BCUT2D eigenvalue weighted by molar-refractivity contribution is 0.0561. The number of methoxy groups -OCH3 is 1. The Morgan fingerprint density at radius 1 is 1.10 bits per heavy atom. The Labute approximate surface area is 238 Å². The van der Waals surface area contributed by atoms with Gasteiger partial charge in [0.15, 0.2) is 11.5 Å². The first-order chi connectivity index (χ1) is 19.9. The second-order valence-electron chi connectivity index (χ2n) is 10.9. The zero-order valence-corrected chi connectivity index (χ0v) is 23.9. The van der Waals surface area contributed by atoms with Crippen molar-refractivity contribution in [1.29, 1.82) is 0 Å². The predicted octanol–water partition coefficient (Wildman–Crippen LogP) is 3.15. The average Bonchev–Trinajstić information content (AvgIpc) is 3.66. The highest BCUT2D eigenvalue weighted by Crippen LogP contribution is 2.45. The molecule has 0 radical (unpaired) electrons. The van der Waals surface area contributed by atoms with Crippen LogP contribution in [0.15, 0.2) is 30.9 Å². The molecule has 6 rings (SSSR count). The molecule has 1 aliphatic heterocycles. The van der Waals surface area contributed by atoms with E-state index in [1.807, 2.05) is 26.2 Å². The van der Waals surface area contributed by atoms with E-state index in [-0.39, 0.29) is 5.91 Å². The van der Waals surface area contributed by atoms with E-state index in [0.29, 0.717) is 53.9 Å². The lowest BCUT2D eigenvalue weighted by atomic mass is 9.75. The number of amides is 1. The number of aromatic nitrogens is 7. The molecule has 1 aliphatic carbocycles. The fourth-order valence-electron chi connectivity index (χ4n) is 5.87. The number of hydrogen-bond donors (Lipinski definition) is 3. The molecule has 5 heterocycles. The van der Waals surface area contributed by atoms with Gasteiger partial charge in [0.25, 0.3) is 5.91 Å². The van der Waals surface area contributed by atoms with Gasteiger partial charge in [-0.25, -0.2) is 9.67 Å². The number of aryl methyl sites for hydroxylation is 2. The van der Waals surface area contributed by atoms with E-state index in [4.69, 9.17) is 4.74 Å². The minimum atomic E-state index is -0.127. The molecule has 2 aliphatic rings. The molecule has 216 valence electrons. The number of nitrogens with zero attached hydrogens (tertiary/aromatic N) is 8. The van der Waals surface area contributed by atoms with Gasteiger partial charge in [-0.3, -0.25) is 19.4 Å². The Balaban J connectivity index is 1.12. The molecule has 1 saturated heterocycles. The number of fused-ring (bicyclic) bond motifs is 1. The van der Waals surface area contributed by atoms with Crippen molar-refractivity contribution in [2.45, 2.75) is 51.1 Å². The highest BCUT2D eigenvalue weighted by Gasteiger charge is 2.44. The van der Waals surface area contributed by atoms with E-state index in [1.165, 1.54) is 32.1 Å². The molecular weight excluding hydrogens is 522 g/mol. The van der Waals surface area contributed by atoms with Crippen LogP contribution < -0.4 is 16.0 Å². The third kappa shape index (κ3) is 5.59. The normalized spacial score (nSPS) is 16.3. The minimum Gasteiger partial charge on any atom is -0.383 e. The lowest BCUT2D eigenvalue weighted by Gasteiger charge is -2.46. The zero-order chi connectivity index (χ0) is 28.4. The van der Waals surface area contributed by atoms with Gasteiger partial charge in [-0.2, -0.15) is 15.2 Å². The van der Waals surface area contributed by atoms with Crippen LogP contribution in [0.25, 0.3) is 11.0 Å². The first-order valence-electron chi connectivity index (χ1n) is 14.2. The second-order valence-corrected chi connectivity index (χ2v) is 10.9. The van der Waals surface area contributed by atoms with Crippen LogP contribution >= 0.6 is 0 Å². The molecule has 1 spiro atoms. The highest BCUT2D eigenvalue weighted by atomic mass is 16.5. The van der Waals surface area contributed by atoms with Crippen molar-refractivity contribution in [3.8, 4) is 0 Å². The summed E-state index contributed by atoms with van der Waals surface area (Å²) in [7, 11) is 3.49. The maximum atomic E-state index is 13.0. The first-order valence-corrected chi connectivity index (χ1v) is 14.2. The highest BCUT2D eigenvalue weighted by molar-refractivity contribution is 5.96.